The molecule has 3 amide bonds. The zero-order chi connectivity index (χ0) is 25.4. The third-order valence-electron chi connectivity index (χ3n) is 6.81. The number of aromatic amines is 1. The molecule has 0 saturated carbocycles. The standard InChI is InChI=1S/C28H29N5O3/c1-4-32(5-2)12-13-33-16-22(20-14-18(30-17(3)34)10-11-24(20)33)26-25(27(35)31-28(26)36)21-15-29-23-9-7-6-8-19(21)23/h6-11,14-16,29H,4-5,12-13H2,1-3H3,(H,30,34)(H,31,35,36). The molecule has 0 spiro atoms. The molecule has 2 aromatic carbocycles. The lowest BCUT2D eigenvalue weighted by Gasteiger charge is -2.18. The lowest BCUT2D eigenvalue weighted by molar-refractivity contribution is -0.123. The van der Waals surface area contributed by atoms with E-state index in [1.54, 1.807) is 6.20 Å². The van der Waals surface area contributed by atoms with Crippen molar-refractivity contribution >= 4 is 56.4 Å². The van der Waals surface area contributed by atoms with Crippen LogP contribution >= 0.6 is 0 Å². The van der Waals surface area contributed by atoms with Crippen LogP contribution in [0.2, 0.25) is 0 Å². The average molecular weight is 484 g/mol. The molecule has 36 heavy (non-hydrogen) atoms. The van der Waals surface area contributed by atoms with Gasteiger partial charge in [-0.25, -0.2) is 0 Å². The fourth-order valence-corrected chi connectivity index (χ4v) is 5.00. The Morgan fingerprint density at radius 2 is 1.69 bits per heavy atom. The summed E-state index contributed by atoms with van der Waals surface area (Å²) in [5.74, 6) is -1.01. The Bertz CT molecular complexity index is 1540. The number of H-pyrrole nitrogens is 1. The SMILES string of the molecule is CCN(CC)CCn1cc(C2=C(c3c[nH]c4ccccc34)C(=O)NC2=O)c2cc(NC(C)=O)ccc21. The predicted octanol–water partition coefficient (Wildman–Crippen LogP) is 3.99. The molecule has 4 aromatic rings. The Morgan fingerprint density at radius 1 is 0.972 bits per heavy atom. The van der Waals surface area contributed by atoms with E-state index in [1.807, 2.05) is 48.7 Å². The molecule has 184 valence electrons. The first-order chi connectivity index (χ1) is 17.4. The fourth-order valence-electron chi connectivity index (χ4n) is 5.00. The monoisotopic (exact) mass is 483 g/mol. The van der Waals surface area contributed by atoms with E-state index in [9.17, 15) is 14.4 Å². The van der Waals surface area contributed by atoms with Crippen LogP contribution < -0.4 is 10.6 Å². The van der Waals surface area contributed by atoms with E-state index in [1.165, 1.54) is 6.92 Å². The molecular formula is C28H29N5O3. The van der Waals surface area contributed by atoms with Crippen molar-refractivity contribution < 1.29 is 14.4 Å². The molecule has 0 aliphatic carbocycles. The number of rotatable bonds is 8. The van der Waals surface area contributed by atoms with Crippen molar-refractivity contribution in [3.8, 4) is 0 Å². The third kappa shape index (κ3) is 4.09. The predicted molar refractivity (Wildman–Crippen MR) is 142 cm³/mol. The molecule has 8 nitrogen and oxygen atoms in total. The number of amides is 3. The quantitative estimate of drug-likeness (QED) is 0.330. The average Bonchev–Trinajstić information content (AvgIpc) is 3.52. The fraction of sp³-hybridized carbons (Fsp3) is 0.250. The Morgan fingerprint density at radius 3 is 2.42 bits per heavy atom. The van der Waals surface area contributed by atoms with E-state index in [2.05, 4.69) is 38.9 Å². The molecule has 1 aliphatic heterocycles. The number of hydrogen-bond donors (Lipinski definition) is 3. The lowest BCUT2D eigenvalue weighted by Crippen LogP contribution is -2.26. The van der Waals surface area contributed by atoms with Crippen LogP contribution in [0.5, 0.6) is 0 Å². The summed E-state index contributed by atoms with van der Waals surface area (Å²) in [6.45, 7) is 9.20. The van der Waals surface area contributed by atoms with Crippen molar-refractivity contribution in [1.82, 2.24) is 19.8 Å². The first-order valence-electron chi connectivity index (χ1n) is 12.2. The summed E-state index contributed by atoms with van der Waals surface area (Å²) in [5, 5.41) is 7.01. The van der Waals surface area contributed by atoms with Crippen LogP contribution in [-0.2, 0) is 20.9 Å². The Hall–Kier alpha value is -4.17. The van der Waals surface area contributed by atoms with Gasteiger partial charge in [-0.15, -0.1) is 0 Å². The van der Waals surface area contributed by atoms with Gasteiger partial charge in [-0.3, -0.25) is 19.7 Å². The van der Waals surface area contributed by atoms with Gasteiger partial charge in [-0.1, -0.05) is 32.0 Å². The first kappa shape index (κ1) is 23.6. The number of carbonyl (C=O) groups is 3. The minimum atomic E-state index is -0.423. The maximum absolute atomic E-state index is 13.2. The number of anilines is 1. The summed E-state index contributed by atoms with van der Waals surface area (Å²) in [4.78, 5) is 43.6. The number of fused-ring (bicyclic) bond motifs is 2. The van der Waals surface area contributed by atoms with E-state index >= 15 is 0 Å². The van der Waals surface area contributed by atoms with Gasteiger partial charge in [0, 0.05) is 71.0 Å². The van der Waals surface area contributed by atoms with Gasteiger partial charge >= 0.3 is 0 Å². The van der Waals surface area contributed by atoms with E-state index in [0.717, 1.165) is 48.0 Å². The zero-order valence-corrected chi connectivity index (χ0v) is 20.6. The number of likely N-dealkylation sites (N-methyl/N-ethyl adjacent to an activating group) is 1. The second-order valence-electron chi connectivity index (χ2n) is 8.96. The Balaban J connectivity index is 1.72. The zero-order valence-electron chi connectivity index (χ0n) is 20.6. The highest BCUT2D eigenvalue weighted by atomic mass is 16.2. The molecule has 2 aromatic heterocycles. The van der Waals surface area contributed by atoms with Crippen LogP contribution in [0.25, 0.3) is 33.0 Å². The van der Waals surface area contributed by atoms with Crippen molar-refractivity contribution in [2.75, 3.05) is 25.0 Å². The van der Waals surface area contributed by atoms with Crippen LogP contribution in [0, 0.1) is 0 Å². The van der Waals surface area contributed by atoms with Crippen LogP contribution in [0.3, 0.4) is 0 Å². The minimum Gasteiger partial charge on any atom is -0.361 e. The summed E-state index contributed by atoms with van der Waals surface area (Å²) >= 11 is 0. The van der Waals surface area contributed by atoms with Crippen molar-refractivity contribution in [2.45, 2.75) is 27.3 Å². The van der Waals surface area contributed by atoms with Gasteiger partial charge in [-0.05, 0) is 37.4 Å². The highest BCUT2D eigenvalue weighted by molar-refractivity contribution is 6.50. The topological polar surface area (TPSA) is 99.2 Å². The van der Waals surface area contributed by atoms with Gasteiger partial charge < -0.3 is 19.8 Å². The molecule has 0 unspecified atom stereocenters. The second kappa shape index (κ2) is 9.47. The van der Waals surface area contributed by atoms with Crippen LogP contribution in [0.1, 0.15) is 31.9 Å². The lowest BCUT2D eigenvalue weighted by atomic mass is 9.95. The molecule has 5 rings (SSSR count). The molecule has 3 N–H and O–H groups in total. The van der Waals surface area contributed by atoms with Crippen LogP contribution in [-0.4, -0.2) is 51.8 Å². The number of carbonyl (C=O) groups excluding carboxylic acids is 3. The summed E-state index contributed by atoms with van der Waals surface area (Å²) < 4.78 is 2.12. The highest BCUT2D eigenvalue weighted by Crippen LogP contribution is 2.39. The molecule has 1 aliphatic rings. The summed E-state index contributed by atoms with van der Waals surface area (Å²) in [5.41, 5.74) is 4.51. The highest BCUT2D eigenvalue weighted by Gasteiger charge is 2.35. The number of aromatic nitrogens is 2. The number of para-hydroxylation sites is 1. The first-order valence-corrected chi connectivity index (χ1v) is 12.2. The molecule has 0 atom stereocenters. The van der Waals surface area contributed by atoms with Crippen molar-refractivity contribution in [3.05, 3.63) is 66.0 Å². The molecule has 0 bridgehead atoms. The van der Waals surface area contributed by atoms with Gasteiger partial charge in [0.25, 0.3) is 11.8 Å². The van der Waals surface area contributed by atoms with Gasteiger partial charge in [0.2, 0.25) is 5.91 Å². The maximum Gasteiger partial charge on any atom is 0.259 e. The molecule has 0 radical (unpaired) electrons. The van der Waals surface area contributed by atoms with Crippen molar-refractivity contribution in [3.63, 3.8) is 0 Å². The van der Waals surface area contributed by atoms with E-state index in [0.29, 0.717) is 28.0 Å². The molecule has 0 saturated heterocycles. The van der Waals surface area contributed by atoms with E-state index in [4.69, 9.17) is 0 Å². The molecule has 8 heteroatoms. The summed E-state index contributed by atoms with van der Waals surface area (Å²) in [7, 11) is 0. The maximum atomic E-state index is 13.2. The number of nitrogens with zero attached hydrogens (tertiary/aromatic N) is 2. The van der Waals surface area contributed by atoms with Gasteiger partial charge in [0.1, 0.15) is 0 Å². The normalized spacial score (nSPS) is 13.9. The largest absolute Gasteiger partial charge is 0.361 e. The third-order valence-corrected chi connectivity index (χ3v) is 6.81. The van der Waals surface area contributed by atoms with E-state index in [-0.39, 0.29) is 5.91 Å². The second-order valence-corrected chi connectivity index (χ2v) is 8.96. The van der Waals surface area contributed by atoms with E-state index < -0.39 is 11.8 Å². The van der Waals surface area contributed by atoms with Crippen LogP contribution in [0.4, 0.5) is 5.69 Å². The van der Waals surface area contributed by atoms with Gasteiger partial charge in [0.15, 0.2) is 0 Å². The molecular weight excluding hydrogens is 454 g/mol. The Labute approximate surface area is 209 Å². The Kier molecular flexibility index (Phi) is 6.20. The number of hydrogen-bond acceptors (Lipinski definition) is 4. The molecule has 3 heterocycles. The van der Waals surface area contributed by atoms with Crippen LogP contribution in [0.15, 0.2) is 54.9 Å². The number of imide groups is 1. The van der Waals surface area contributed by atoms with Crippen molar-refractivity contribution in [1.29, 1.82) is 0 Å². The van der Waals surface area contributed by atoms with Crippen molar-refractivity contribution in [2.24, 2.45) is 0 Å². The summed E-state index contributed by atoms with van der Waals surface area (Å²) in [6.07, 6.45) is 3.73. The van der Waals surface area contributed by atoms with Gasteiger partial charge in [0.05, 0.1) is 11.1 Å². The minimum absolute atomic E-state index is 0.177. The molecule has 0 fully saturated rings. The smallest absolute Gasteiger partial charge is 0.259 e. The van der Waals surface area contributed by atoms with Gasteiger partial charge in [-0.2, -0.15) is 0 Å². The summed E-state index contributed by atoms with van der Waals surface area (Å²) in [6, 6.07) is 13.4. The number of benzene rings is 2. The number of nitrogens with one attached hydrogen (secondary N) is 3.